The molecular weight excluding hydrogens is 302 g/mol. The molecule has 2 aromatic heterocycles. The van der Waals surface area contributed by atoms with Crippen molar-refractivity contribution in [2.45, 2.75) is 38.4 Å². The Morgan fingerprint density at radius 3 is 2.75 bits per heavy atom. The number of aromatic nitrogens is 3. The molecular formula is C18H25N5O. The summed E-state index contributed by atoms with van der Waals surface area (Å²) < 4.78 is 2.12. The minimum absolute atomic E-state index is 0.272. The van der Waals surface area contributed by atoms with Crippen molar-refractivity contribution in [1.29, 1.82) is 0 Å². The molecule has 1 amide bonds. The van der Waals surface area contributed by atoms with Gasteiger partial charge in [0.15, 0.2) is 0 Å². The Morgan fingerprint density at radius 2 is 2.00 bits per heavy atom. The van der Waals surface area contributed by atoms with Crippen LogP contribution in [-0.2, 0) is 17.9 Å². The van der Waals surface area contributed by atoms with E-state index in [0.29, 0.717) is 12.5 Å². The monoisotopic (exact) mass is 327 g/mol. The average Bonchev–Trinajstić information content (AvgIpc) is 3.27. The van der Waals surface area contributed by atoms with Crippen LogP contribution in [0.25, 0.3) is 0 Å². The summed E-state index contributed by atoms with van der Waals surface area (Å²) in [6.07, 6.45) is 10.1. The van der Waals surface area contributed by atoms with Crippen molar-refractivity contribution in [3.63, 3.8) is 0 Å². The summed E-state index contributed by atoms with van der Waals surface area (Å²) in [7, 11) is 2.08. The molecule has 3 rings (SSSR count). The number of rotatable bonds is 7. The summed E-state index contributed by atoms with van der Waals surface area (Å²) in [4.78, 5) is 25.2. The maximum Gasteiger partial charge on any atom is 0.222 e. The minimum Gasteiger partial charge on any atom is -0.354 e. The molecule has 0 unspecified atom stereocenters. The summed E-state index contributed by atoms with van der Waals surface area (Å²) in [6, 6.07) is 6.24. The molecule has 3 heterocycles. The summed E-state index contributed by atoms with van der Waals surface area (Å²) >= 11 is 0. The normalized spacial score (nSPS) is 17.6. The molecule has 0 aromatic carbocycles. The van der Waals surface area contributed by atoms with Gasteiger partial charge < -0.3 is 9.47 Å². The molecule has 0 saturated carbocycles. The zero-order valence-electron chi connectivity index (χ0n) is 14.2. The first-order chi connectivity index (χ1) is 11.7. The Kier molecular flexibility index (Phi) is 5.59. The summed E-state index contributed by atoms with van der Waals surface area (Å²) in [5, 5.41) is 0. The first-order valence-electron chi connectivity index (χ1n) is 8.57. The second-order valence-corrected chi connectivity index (χ2v) is 6.39. The van der Waals surface area contributed by atoms with Crippen LogP contribution in [0.1, 0.15) is 25.1 Å². The van der Waals surface area contributed by atoms with E-state index in [4.69, 9.17) is 0 Å². The van der Waals surface area contributed by atoms with E-state index in [1.54, 1.807) is 12.4 Å². The molecule has 24 heavy (non-hydrogen) atoms. The third kappa shape index (κ3) is 4.41. The van der Waals surface area contributed by atoms with E-state index in [1.807, 2.05) is 35.5 Å². The Hall–Kier alpha value is -2.21. The first kappa shape index (κ1) is 16.6. The first-order valence-corrected chi connectivity index (χ1v) is 8.57. The van der Waals surface area contributed by atoms with Crippen molar-refractivity contribution in [1.82, 2.24) is 24.3 Å². The number of carbonyl (C=O) groups excluding carboxylic acids is 1. The fraction of sp³-hybridized carbons (Fsp3) is 0.500. The van der Waals surface area contributed by atoms with Gasteiger partial charge in [0, 0.05) is 56.9 Å². The highest BCUT2D eigenvalue weighted by atomic mass is 16.2. The van der Waals surface area contributed by atoms with Crippen LogP contribution in [0.4, 0.5) is 0 Å². The number of nitrogens with zero attached hydrogens (tertiary/aromatic N) is 5. The molecule has 1 fully saturated rings. The van der Waals surface area contributed by atoms with Crippen LogP contribution in [0.3, 0.4) is 0 Å². The number of likely N-dealkylation sites (tertiary alicyclic amines) is 1. The Labute approximate surface area is 143 Å². The maximum atomic E-state index is 12.4. The standard InChI is InChI=1S/C18H25N5O/c1-21(15-17-19-8-5-9-20-17)16-7-13-23(14-16)18(24)6-4-12-22-10-2-3-11-22/h2-3,5,8-11,16H,4,6-7,12-15H2,1H3/t16-/m0/s1. The maximum absolute atomic E-state index is 12.4. The lowest BCUT2D eigenvalue weighted by atomic mass is 10.2. The van der Waals surface area contributed by atoms with Crippen molar-refractivity contribution in [2.75, 3.05) is 20.1 Å². The van der Waals surface area contributed by atoms with Gasteiger partial charge in [-0.25, -0.2) is 9.97 Å². The van der Waals surface area contributed by atoms with E-state index >= 15 is 0 Å². The van der Waals surface area contributed by atoms with Gasteiger partial charge in [-0.15, -0.1) is 0 Å². The number of aryl methyl sites for hydroxylation is 1. The van der Waals surface area contributed by atoms with Gasteiger partial charge in [-0.3, -0.25) is 9.69 Å². The molecule has 6 heteroatoms. The zero-order chi connectivity index (χ0) is 16.8. The van der Waals surface area contributed by atoms with Crippen molar-refractivity contribution in [2.24, 2.45) is 0 Å². The second kappa shape index (κ2) is 8.06. The van der Waals surface area contributed by atoms with E-state index in [2.05, 4.69) is 26.5 Å². The topological polar surface area (TPSA) is 54.3 Å². The van der Waals surface area contributed by atoms with Crippen LogP contribution >= 0.6 is 0 Å². The lowest BCUT2D eigenvalue weighted by molar-refractivity contribution is -0.130. The molecule has 0 spiro atoms. The van der Waals surface area contributed by atoms with Gasteiger partial charge in [-0.2, -0.15) is 0 Å². The second-order valence-electron chi connectivity index (χ2n) is 6.39. The number of hydrogen-bond acceptors (Lipinski definition) is 4. The minimum atomic E-state index is 0.272. The lowest BCUT2D eigenvalue weighted by Crippen LogP contribution is -2.36. The number of carbonyl (C=O) groups is 1. The molecule has 2 aromatic rings. The van der Waals surface area contributed by atoms with Crippen LogP contribution in [0, 0.1) is 0 Å². The third-order valence-corrected chi connectivity index (χ3v) is 4.62. The van der Waals surface area contributed by atoms with Gasteiger partial charge in [0.1, 0.15) is 5.82 Å². The van der Waals surface area contributed by atoms with E-state index in [1.165, 1.54) is 0 Å². The smallest absolute Gasteiger partial charge is 0.222 e. The summed E-state index contributed by atoms with van der Waals surface area (Å²) in [5.41, 5.74) is 0. The quantitative estimate of drug-likeness (QED) is 0.778. The van der Waals surface area contributed by atoms with Gasteiger partial charge in [0.05, 0.1) is 6.54 Å². The van der Waals surface area contributed by atoms with Gasteiger partial charge in [-0.1, -0.05) is 0 Å². The van der Waals surface area contributed by atoms with Crippen LogP contribution in [0.5, 0.6) is 0 Å². The molecule has 0 bridgehead atoms. The number of amides is 1. The highest BCUT2D eigenvalue weighted by Crippen LogP contribution is 2.17. The molecule has 6 nitrogen and oxygen atoms in total. The molecule has 0 N–H and O–H groups in total. The Bertz CT molecular complexity index is 628. The van der Waals surface area contributed by atoms with Gasteiger partial charge >= 0.3 is 0 Å². The third-order valence-electron chi connectivity index (χ3n) is 4.62. The fourth-order valence-corrected chi connectivity index (χ4v) is 3.18. The van der Waals surface area contributed by atoms with E-state index in [9.17, 15) is 4.79 Å². The van der Waals surface area contributed by atoms with E-state index in [-0.39, 0.29) is 5.91 Å². The van der Waals surface area contributed by atoms with Gasteiger partial charge in [-0.05, 0) is 38.1 Å². The van der Waals surface area contributed by atoms with Crippen LogP contribution in [0.2, 0.25) is 0 Å². The highest BCUT2D eigenvalue weighted by Gasteiger charge is 2.28. The van der Waals surface area contributed by atoms with E-state index < -0.39 is 0 Å². The molecule has 128 valence electrons. The molecule has 1 aliphatic rings. The van der Waals surface area contributed by atoms with Crippen LogP contribution in [-0.4, -0.2) is 56.4 Å². The molecule has 1 saturated heterocycles. The summed E-state index contributed by atoms with van der Waals surface area (Å²) in [6.45, 7) is 3.29. The largest absolute Gasteiger partial charge is 0.354 e. The predicted molar refractivity (Wildman–Crippen MR) is 92.2 cm³/mol. The zero-order valence-corrected chi connectivity index (χ0v) is 14.2. The molecule has 0 radical (unpaired) electrons. The molecule has 0 aliphatic carbocycles. The Balaban J connectivity index is 1.41. The van der Waals surface area contributed by atoms with Crippen molar-refractivity contribution >= 4 is 5.91 Å². The molecule has 1 atom stereocenters. The SMILES string of the molecule is CN(Cc1ncccn1)[C@H]1CCN(C(=O)CCCn2cccc2)C1. The Morgan fingerprint density at radius 1 is 1.25 bits per heavy atom. The number of hydrogen-bond donors (Lipinski definition) is 0. The highest BCUT2D eigenvalue weighted by molar-refractivity contribution is 5.76. The summed E-state index contributed by atoms with van der Waals surface area (Å²) in [5.74, 6) is 1.10. The van der Waals surface area contributed by atoms with Crippen LogP contribution in [0.15, 0.2) is 43.0 Å². The average molecular weight is 327 g/mol. The van der Waals surface area contributed by atoms with Gasteiger partial charge in [0.2, 0.25) is 5.91 Å². The van der Waals surface area contributed by atoms with Crippen molar-refractivity contribution in [3.8, 4) is 0 Å². The molecule has 1 aliphatic heterocycles. The van der Waals surface area contributed by atoms with Gasteiger partial charge in [0.25, 0.3) is 0 Å². The van der Waals surface area contributed by atoms with Crippen molar-refractivity contribution < 1.29 is 4.79 Å². The van der Waals surface area contributed by atoms with Crippen molar-refractivity contribution in [3.05, 3.63) is 48.8 Å². The van der Waals surface area contributed by atoms with Crippen LogP contribution < -0.4 is 0 Å². The fourth-order valence-electron chi connectivity index (χ4n) is 3.18. The number of likely N-dealkylation sites (N-methyl/N-ethyl adjacent to an activating group) is 1. The lowest BCUT2D eigenvalue weighted by Gasteiger charge is -2.24. The van der Waals surface area contributed by atoms with E-state index in [0.717, 1.165) is 44.8 Å². The predicted octanol–water partition coefficient (Wildman–Crippen LogP) is 1.79.